The third-order valence-corrected chi connectivity index (χ3v) is 6.04. The van der Waals surface area contributed by atoms with Crippen LogP contribution in [0.5, 0.6) is 5.75 Å². The Hall–Kier alpha value is -2.48. The van der Waals surface area contributed by atoms with Crippen LogP contribution >= 0.6 is 35.0 Å². The molecule has 0 aliphatic rings. The number of nitrogens with one attached hydrogen (secondary N) is 1. The van der Waals surface area contributed by atoms with Gasteiger partial charge in [-0.2, -0.15) is 0 Å². The maximum atomic E-state index is 12.5. The van der Waals surface area contributed by atoms with E-state index < -0.39 is 0 Å². The van der Waals surface area contributed by atoms with Gasteiger partial charge in [0, 0.05) is 22.2 Å². The summed E-state index contributed by atoms with van der Waals surface area (Å²) in [5, 5.41) is 13.2. The number of benzene rings is 2. The largest absolute Gasteiger partial charge is 0.497 e. The topological polar surface area (TPSA) is 69.0 Å². The molecule has 3 rings (SSSR count). The summed E-state index contributed by atoms with van der Waals surface area (Å²) in [6.07, 6.45) is 1.77. The molecule has 0 radical (unpaired) electrons. The summed E-state index contributed by atoms with van der Waals surface area (Å²) < 4.78 is 7.13. The molecule has 0 aliphatic carbocycles. The minimum atomic E-state index is -0.251. The maximum absolute atomic E-state index is 12.5. The summed E-state index contributed by atoms with van der Waals surface area (Å²) in [4.78, 5) is 12.5. The van der Waals surface area contributed by atoms with Gasteiger partial charge in [-0.1, -0.05) is 47.1 Å². The van der Waals surface area contributed by atoms with Crippen molar-refractivity contribution < 1.29 is 9.53 Å². The first-order chi connectivity index (χ1) is 14.9. The summed E-state index contributed by atoms with van der Waals surface area (Å²) in [5.41, 5.74) is 1.71. The highest BCUT2D eigenvalue weighted by Crippen LogP contribution is 2.27. The number of nitrogens with zero attached hydrogens (tertiary/aromatic N) is 3. The van der Waals surface area contributed by atoms with Crippen LogP contribution in [0, 0.1) is 0 Å². The Morgan fingerprint density at radius 3 is 2.65 bits per heavy atom. The van der Waals surface area contributed by atoms with Crippen LogP contribution in [0.4, 0.5) is 0 Å². The van der Waals surface area contributed by atoms with E-state index in [1.165, 1.54) is 11.8 Å². The van der Waals surface area contributed by atoms with E-state index in [9.17, 15) is 4.79 Å². The van der Waals surface area contributed by atoms with Crippen LogP contribution in [0.2, 0.25) is 10.0 Å². The van der Waals surface area contributed by atoms with Crippen LogP contribution in [-0.2, 0) is 11.3 Å². The zero-order valence-corrected chi connectivity index (χ0v) is 19.5. The molecule has 1 aromatic heterocycles. The van der Waals surface area contributed by atoms with E-state index in [2.05, 4.69) is 22.1 Å². The van der Waals surface area contributed by atoms with Crippen molar-refractivity contribution in [3.8, 4) is 17.1 Å². The maximum Gasteiger partial charge on any atom is 0.230 e. The minimum absolute atomic E-state index is 0.136. The van der Waals surface area contributed by atoms with Crippen LogP contribution < -0.4 is 10.1 Å². The molecule has 0 fully saturated rings. The lowest BCUT2D eigenvalue weighted by Gasteiger charge is -2.16. The van der Waals surface area contributed by atoms with Gasteiger partial charge in [-0.3, -0.25) is 9.36 Å². The Labute approximate surface area is 195 Å². The molecular weight excluding hydrogens is 455 g/mol. The van der Waals surface area contributed by atoms with Crippen molar-refractivity contribution in [2.75, 3.05) is 12.9 Å². The smallest absolute Gasteiger partial charge is 0.230 e. The lowest BCUT2D eigenvalue weighted by Crippen LogP contribution is -2.28. The zero-order chi connectivity index (χ0) is 22.4. The normalized spacial score (nSPS) is 11.7. The zero-order valence-electron chi connectivity index (χ0n) is 17.1. The predicted octanol–water partition coefficient (Wildman–Crippen LogP) is 5.42. The second-order valence-corrected chi connectivity index (χ2v) is 8.46. The number of thioether (sulfide) groups is 1. The van der Waals surface area contributed by atoms with Crippen molar-refractivity contribution in [2.45, 2.75) is 24.7 Å². The summed E-state index contributed by atoms with van der Waals surface area (Å²) >= 11 is 13.5. The summed E-state index contributed by atoms with van der Waals surface area (Å²) in [5.74, 6) is 1.52. The molecule has 1 unspecified atom stereocenters. The van der Waals surface area contributed by atoms with Gasteiger partial charge in [0.15, 0.2) is 11.0 Å². The van der Waals surface area contributed by atoms with Gasteiger partial charge in [0.25, 0.3) is 0 Å². The van der Waals surface area contributed by atoms with Crippen LogP contribution in [0.1, 0.15) is 18.5 Å². The molecule has 0 bridgehead atoms. The number of allylic oxidation sites excluding steroid dienone is 1. The molecule has 1 N–H and O–H groups in total. The Bertz CT molecular complexity index is 1070. The minimum Gasteiger partial charge on any atom is -0.497 e. The van der Waals surface area contributed by atoms with Gasteiger partial charge < -0.3 is 10.1 Å². The first kappa shape index (κ1) is 23.2. The standard InChI is InChI=1S/C22H22Cl2N4O2S/c1-4-11-28-21(15-5-8-17(30-3)9-6-15)26-27-22(28)31-13-20(29)25-14(2)18-10-7-16(23)12-19(18)24/h4-10,12,14H,1,11,13H2,2-3H3,(H,25,29). The van der Waals surface area contributed by atoms with Gasteiger partial charge in [-0.05, 0) is 48.9 Å². The molecule has 9 heteroatoms. The first-order valence-electron chi connectivity index (χ1n) is 9.48. The lowest BCUT2D eigenvalue weighted by molar-refractivity contribution is -0.119. The monoisotopic (exact) mass is 476 g/mol. The number of hydrogen-bond donors (Lipinski definition) is 1. The fourth-order valence-corrected chi connectivity index (χ4v) is 4.32. The fraction of sp³-hybridized carbons (Fsp3) is 0.227. The molecule has 162 valence electrons. The van der Waals surface area contributed by atoms with Crippen molar-refractivity contribution in [2.24, 2.45) is 0 Å². The Balaban J connectivity index is 1.68. The third-order valence-electron chi connectivity index (χ3n) is 4.52. The number of ether oxygens (including phenoxy) is 1. The van der Waals surface area contributed by atoms with E-state index in [1.807, 2.05) is 41.8 Å². The van der Waals surface area contributed by atoms with Gasteiger partial charge in [0.1, 0.15) is 5.75 Å². The van der Waals surface area contributed by atoms with E-state index in [0.717, 1.165) is 16.9 Å². The highest BCUT2D eigenvalue weighted by atomic mass is 35.5. The van der Waals surface area contributed by atoms with Gasteiger partial charge in [0.2, 0.25) is 5.91 Å². The highest BCUT2D eigenvalue weighted by molar-refractivity contribution is 7.99. The van der Waals surface area contributed by atoms with Gasteiger partial charge in [-0.15, -0.1) is 16.8 Å². The molecule has 0 saturated heterocycles. The highest BCUT2D eigenvalue weighted by Gasteiger charge is 2.17. The van der Waals surface area contributed by atoms with Crippen molar-refractivity contribution in [3.63, 3.8) is 0 Å². The van der Waals surface area contributed by atoms with Crippen LogP contribution in [0.25, 0.3) is 11.4 Å². The molecule has 2 aromatic carbocycles. The lowest BCUT2D eigenvalue weighted by atomic mass is 10.1. The average Bonchev–Trinajstić information content (AvgIpc) is 3.15. The summed E-state index contributed by atoms with van der Waals surface area (Å²) in [6.45, 7) is 6.21. The first-order valence-corrected chi connectivity index (χ1v) is 11.2. The predicted molar refractivity (Wildman–Crippen MR) is 126 cm³/mol. The van der Waals surface area contributed by atoms with Gasteiger partial charge in [0.05, 0.1) is 18.9 Å². The molecule has 0 aliphatic heterocycles. The number of halogens is 2. The molecule has 1 heterocycles. The molecule has 6 nitrogen and oxygen atoms in total. The fourth-order valence-electron chi connectivity index (χ4n) is 2.99. The van der Waals surface area contributed by atoms with E-state index in [-0.39, 0.29) is 17.7 Å². The van der Waals surface area contributed by atoms with Crippen LogP contribution in [-0.4, -0.2) is 33.5 Å². The van der Waals surface area contributed by atoms with Crippen LogP contribution in [0.3, 0.4) is 0 Å². The molecule has 31 heavy (non-hydrogen) atoms. The summed E-state index contributed by atoms with van der Waals surface area (Å²) in [6, 6.07) is 12.5. The number of hydrogen-bond acceptors (Lipinski definition) is 5. The van der Waals surface area contributed by atoms with E-state index in [0.29, 0.717) is 27.6 Å². The number of carbonyl (C=O) groups excluding carboxylic acids is 1. The number of aromatic nitrogens is 3. The number of methoxy groups -OCH3 is 1. The molecule has 1 amide bonds. The van der Waals surface area contributed by atoms with E-state index in [4.69, 9.17) is 27.9 Å². The average molecular weight is 477 g/mol. The molecule has 3 aromatic rings. The van der Waals surface area contributed by atoms with E-state index in [1.54, 1.807) is 25.3 Å². The summed E-state index contributed by atoms with van der Waals surface area (Å²) in [7, 11) is 1.62. The number of rotatable bonds is 9. The van der Waals surface area contributed by atoms with Crippen LogP contribution in [0.15, 0.2) is 60.3 Å². The van der Waals surface area contributed by atoms with Crippen molar-refractivity contribution >= 4 is 40.9 Å². The van der Waals surface area contributed by atoms with E-state index >= 15 is 0 Å². The Kier molecular flexibility index (Phi) is 8.01. The molecular formula is C22H22Cl2N4O2S. The second kappa shape index (κ2) is 10.7. The van der Waals surface area contributed by atoms with Crippen molar-refractivity contribution in [3.05, 3.63) is 70.7 Å². The third kappa shape index (κ3) is 5.81. The Morgan fingerprint density at radius 1 is 1.26 bits per heavy atom. The molecule has 0 spiro atoms. The van der Waals surface area contributed by atoms with Crippen molar-refractivity contribution in [1.82, 2.24) is 20.1 Å². The SMILES string of the molecule is C=CCn1c(SCC(=O)NC(C)c2ccc(Cl)cc2Cl)nnc1-c1ccc(OC)cc1. The quantitative estimate of drug-likeness (QED) is 0.330. The number of carbonyl (C=O) groups is 1. The van der Waals surface area contributed by atoms with Gasteiger partial charge in [-0.25, -0.2) is 0 Å². The Morgan fingerprint density at radius 2 is 2.00 bits per heavy atom. The second-order valence-electron chi connectivity index (χ2n) is 6.68. The van der Waals surface area contributed by atoms with Gasteiger partial charge >= 0.3 is 0 Å². The van der Waals surface area contributed by atoms with Crippen molar-refractivity contribution in [1.29, 1.82) is 0 Å². The molecule has 0 saturated carbocycles. The number of amides is 1. The molecule has 1 atom stereocenters.